The zero-order valence-electron chi connectivity index (χ0n) is 15.6. The minimum Gasteiger partial charge on any atom is -0.321 e. The lowest BCUT2D eigenvalue weighted by molar-refractivity contribution is -0.384. The van der Waals surface area contributed by atoms with Gasteiger partial charge in [0, 0.05) is 12.1 Å². The molecule has 0 bridgehead atoms. The molecule has 2 amide bonds. The maximum atomic E-state index is 14.0. The summed E-state index contributed by atoms with van der Waals surface area (Å²) in [6.07, 6.45) is 0. The summed E-state index contributed by atoms with van der Waals surface area (Å²) in [5.74, 6) is -1.87. The van der Waals surface area contributed by atoms with Gasteiger partial charge in [-0.3, -0.25) is 19.7 Å². The first-order valence-corrected chi connectivity index (χ1v) is 9.06. The number of carbonyl (C=O) groups is 2. The number of nitro groups is 1. The lowest BCUT2D eigenvalue weighted by atomic mass is 10.1. The lowest BCUT2D eigenvalue weighted by Gasteiger charge is -2.13. The smallest absolute Gasteiger partial charge is 0.270 e. The number of halogens is 2. The summed E-state index contributed by atoms with van der Waals surface area (Å²) >= 11 is 5.99. The van der Waals surface area contributed by atoms with Gasteiger partial charge in [-0.15, -0.1) is 0 Å². The maximum absolute atomic E-state index is 14.0. The van der Waals surface area contributed by atoms with Gasteiger partial charge in [-0.1, -0.05) is 29.8 Å². The molecule has 152 valence electrons. The van der Waals surface area contributed by atoms with Crippen LogP contribution < -0.4 is 10.6 Å². The van der Waals surface area contributed by atoms with E-state index >= 15 is 0 Å². The Morgan fingerprint density at radius 1 is 0.933 bits per heavy atom. The first-order chi connectivity index (χ1) is 14.3. The van der Waals surface area contributed by atoms with Crippen molar-refractivity contribution < 1.29 is 18.9 Å². The minimum absolute atomic E-state index is 0.00204. The second kappa shape index (κ2) is 8.71. The lowest BCUT2D eigenvalue weighted by Crippen LogP contribution is -2.19. The van der Waals surface area contributed by atoms with Gasteiger partial charge in [0.1, 0.15) is 5.82 Å². The summed E-state index contributed by atoms with van der Waals surface area (Å²) in [4.78, 5) is 35.5. The van der Waals surface area contributed by atoms with E-state index in [4.69, 9.17) is 11.6 Å². The predicted molar refractivity (Wildman–Crippen MR) is 112 cm³/mol. The van der Waals surface area contributed by atoms with Crippen LogP contribution in [0.25, 0.3) is 0 Å². The van der Waals surface area contributed by atoms with Crippen LogP contribution in [-0.4, -0.2) is 16.7 Å². The number of nitrogens with zero attached hydrogens (tertiary/aromatic N) is 1. The van der Waals surface area contributed by atoms with Crippen LogP contribution in [0, 0.1) is 22.9 Å². The van der Waals surface area contributed by atoms with Crippen molar-refractivity contribution in [3.05, 3.63) is 98.3 Å². The summed E-state index contributed by atoms with van der Waals surface area (Å²) in [5, 5.41) is 15.8. The summed E-state index contributed by atoms with van der Waals surface area (Å²) in [7, 11) is 0. The molecule has 0 aliphatic rings. The Labute approximate surface area is 175 Å². The second-order valence-electron chi connectivity index (χ2n) is 6.36. The van der Waals surface area contributed by atoms with Crippen LogP contribution in [0.3, 0.4) is 0 Å². The number of non-ortho nitro benzene ring substituents is 1. The van der Waals surface area contributed by atoms with Crippen LogP contribution in [0.1, 0.15) is 26.3 Å². The van der Waals surface area contributed by atoms with Gasteiger partial charge in [0.05, 0.1) is 32.4 Å². The first kappa shape index (κ1) is 20.9. The summed E-state index contributed by atoms with van der Waals surface area (Å²) < 4.78 is 14.0. The molecule has 0 fully saturated rings. The Morgan fingerprint density at radius 2 is 1.60 bits per heavy atom. The number of hydrogen-bond acceptors (Lipinski definition) is 4. The fourth-order valence-corrected chi connectivity index (χ4v) is 2.97. The molecule has 7 nitrogen and oxygen atoms in total. The first-order valence-electron chi connectivity index (χ1n) is 8.68. The molecule has 30 heavy (non-hydrogen) atoms. The Balaban J connectivity index is 1.85. The molecular formula is C21H15ClFN3O4. The Morgan fingerprint density at radius 3 is 2.30 bits per heavy atom. The van der Waals surface area contributed by atoms with E-state index in [9.17, 15) is 24.1 Å². The van der Waals surface area contributed by atoms with Gasteiger partial charge in [-0.05, 0) is 42.8 Å². The monoisotopic (exact) mass is 427 g/mol. The number of carbonyl (C=O) groups excluding carboxylic acids is 2. The Bertz CT molecular complexity index is 1170. The SMILES string of the molecule is Cc1ccc(F)c(NC(=O)c2ccccc2NC(=O)c2ccc([N+](=O)[O-])cc2Cl)c1. The molecule has 9 heteroatoms. The van der Waals surface area contributed by atoms with E-state index in [1.54, 1.807) is 25.1 Å². The van der Waals surface area contributed by atoms with E-state index in [1.807, 2.05) is 0 Å². The molecule has 0 heterocycles. The van der Waals surface area contributed by atoms with Crippen molar-refractivity contribution in [3.63, 3.8) is 0 Å². The molecule has 0 atom stereocenters. The summed E-state index contributed by atoms with van der Waals surface area (Å²) in [6.45, 7) is 1.76. The van der Waals surface area contributed by atoms with Crippen molar-refractivity contribution in [2.45, 2.75) is 6.92 Å². The standard InChI is InChI=1S/C21H15ClFN3O4/c1-12-6-9-17(23)19(10-12)25-21(28)15-4-2-3-5-18(15)24-20(27)14-8-7-13(26(29)30)11-16(14)22/h2-11H,1H3,(H,24,27)(H,25,28). The summed E-state index contributed by atoms with van der Waals surface area (Å²) in [6, 6.07) is 13.9. The molecular weight excluding hydrogens is 413 g/mol. The summed E-state index contributed by atoms with van der Waals surface area (Å²) in [5.41, 5.74) is 0.798. The number of rotatable bonds is 5. The molecule has 3 aromatic rings. The van der Waals surface area contributed by atoms with Crippen LogP contribution >= 0.6 is 11.6 Å². The number of hydrogen-bond donors (Lipinski definition) is 2. The molecule has 3 rings (SSSR count). The molecule has 0 saturated carbocycles. The number of aryl methyl sites for hydroxylation is 1. The van der Waals surface area contributed by atoms with Crippen molar-refractivity contribution in [3.8, 4) is 0 Å². The molecule has 0 aliphatic carbocycles. The van der Waals surface area contributed by atoms with Gasteiger partial charge in [0.25, 0.3) is 17.5 Å². The number of para-hydroxylation sites is 1. The third kappa shape index (κ3) is 4.61. The van der Waals surface area contributed by atoms with E-state index < -0.39 is 22.6 Å². The molecule has 0 aliphatic heterocycles. The van der Waals surface area contributed by atoms with Gasteiger partial charge in [0.2, 0.25) is 0 Å². The van der Waals surface area contributed by atoms with E-state index in [2.05, 4.69) is 10.6 Å². The van der Waals surface area contributed by atoms with E-state index in [-0.39, 0.29) is 33.2 Å². The van der Waals surface area contributed by atoms with Gasteiger partial charge >= 0.3 is 0 Å². The highest BCUT2D eigenvalue weighted by Crippen LogP contribution is 2.25. The number of nitrogens with one attached hydrogen (secondary N) is 2. The maximum Gasteiger partial charge on any atom is 0.270 e. The molecule has 3 aromatic carbocycles. The van der Waals surface area contributed by atoms with Crippen LogP contribution in [-0.2, 0) is 0 Å². The number of amides is 2. The van der Waals surface area contributed by atoms with Crippen LogP contribution in [0.4, 0.5) is 21.5 Å². The van der Waals surface area contributed by atoms with Gasteiger partial charge < -0.3 is 10.6 Å². The second-order valence-corrected chi connectivity index (χ2v) is 6.77. The Kier molecular flexibility index (Phi) is 6.08. The number of benzene rings is 3. The third-order valence-electron chi connectivity index (χ3n) is 4.20. The van der Waals surface area contributed by atoms with Crippen LogP contribution in [0.15, 0.2) is 60.7 Å². The van der Waals surface area contributed by atoms with E-state index in [1.165, 1.54) is 30.3 Å². The molecule has 0 radical (unpaired) electrons. The highest BCUT2D eigenvalue weighted by Gasteiger charge is 2.18. The fraction of sp³-hybridized carbons (Fsp3) is 0.0476. The number of nitro benzene ring substituents is 1. The van der Waals surface area contributed by atoms with Gasteiger partial charge in [-0.2, -0.15) is 0 Å². The van der Waals surface area contributed by atoms with Crippen molar-refractivity contribution in [2.24, 2.45) is 0 Å². The van der Waals surface area contributed by atoms with Gasteiger partial charge in [-0.25, -0.2) is 4.39 Å². The quantitative estimate of drug-likeness (QED) is 0.431. The van der Waals surface area contributed by atoms with Crippen LogP contribution in [0.5, 0.6) is 0 Å². The minimum atomic E-state index is -0.656. The molecule has 0 aromatic heterocycles. The highest BCUT2D eigenvalue weighted by atomic mass is 35.5. The normalized spacial score (nSPS) is 10.4. The topological polar surface area (TPSA) is 101 Å². The van der Waals surface area contributed by atoms with Crippen LogP contribution in [0.2, 0.25) is 5.02 Å². The third-order valence-corrected chi connectivity index (χ3v) is 4.51. The average Bonchev–Trinajstić information content (AvgIpc) is 2.70. The predicted octanol–water partition coefficient (Wildman–Crippen LogP) is 5.20. The van der Waals surface area contributed by atoms with Crippen molar-refractivity contribution in [2.75, 3.05) is 10.6 Å². The van der Waals surface area contributed by atoms with Gasteiger partial charge in [0.15, 0.2) is 0 Å². The van der Waals surface area contributed by atoms with E-state index in [0.717, 1.165) is 17.7 Å². The average molecular weight is 428 g/mol. The fourth-order valence-electron chi connectivity index (χ4n) is 2.71. The molecule has 0 unspecified atom stereocenters. The zero-order valence-corrected chi connectivity index (χ0v) is 16.4. The van der Waals surface area contributed by atoms with Crippen molar-refractivity contribution in [1.82, 2.24) is 0 Å². The zero-order chi connectivity index (χ0) is 21.8. The molecule has 2 N–H and O–H groups in total. The van der Waals surface area contributed by atoms with E-state index in [0.29, 0.717) is 0 Å². The number of anilines is 2. The molecule has 0 spiro atoms. The largest absolute Gasteiger partial charge is 0.321 e. The van der Waals surface area contributed by atoms with Crippen molar-refractivity contribution >= 4 is 40.5 Å². The Hall–Kier alpha value is -3.78. The highest BCUT2D eigenvalue weighted by molar-refractivity contribution is 6.34. The van der Waals surface area contributed by atoms with Crippen molar-refractivity contribution in [1.29, 1.82) is 0 Å². The molecule has 0 saturated heterocycles.